The summed E-state index contributed by atoms with van der Waals surface area (Å²) in [4.78, 5) is 14.2. The van der Waals surface area contributed by atoms with Crippen LogP contribution in [0.25, 0.3) is 0 Å². The van der Waals surface area contributed by atoms with E-state index in [9.17, 15) is 13.2 Å². The Labute approximate surface area is 115 Å². The molecule has 100 valence electrons. The summed E-state index contributed by atoms with van der Waals surface area (Å²) in [5.41, 5.74) is 0. The van der Waals surface area contributed by atoms with Gasteiger partial charge in [-0.25, -0.2) is 18.1 Å². The fraction of sp³-hybridized carbons (Fsp3) is 0.333. The Kier molecular flexibility index (Phi) is 5.33. The molecule has 0 atom stereocenters. The zero-order chi connectivity index (χ0) is 13.8. The summed E-state index contributed by atoms with van der Waals surface area (Å²) in [5, 5.41) is 2.55. The minimum Gasteiger partial charge on any atom is -0.355 e. The van der Waals surface area contributed by atoms with Gasteiger partial charge in [0, 0.05) is 26.2 Å². The zero-order valence-electron chi connectivity index (χ0n) is 9.41. The molecule has 2 N–H and O–H groups in total. The molecule has 0 unspecified atom stereocenters. The number of sulfonamides is 1. The molecule has 0 saturated heterocycles. The van der Waals surface area contributed by atoms with E-state index in [1.165, 1.54) is 13.0 Å². The number of aromatic nitrogens is 1. The van der Waals surface area contributed by atoms with Crippen molar-refractivity contribution in [1.82, 2.24) is 15.0 Å². The molecule has 1 heterocycles. The summed E-state index contributed by atoms with van der Waals surface area (Å²) in [6, 6.07) is 1.21. The number of carbonyl (C=O) groups excluding carboxylic acids is 1. The van der Waals surface area contributed by atoms with Crippen molar-refractivity contribution in [1.29, 1.82) is 0 Å². The molecule has 0 bridgehead atoms. The summed E-state index contributed by atoms with van der Waals surface area (Å²) in [7, 11) is -3.70. The van der Waals surface area contributed by atoms with Crippen molar-refractivity contribution in [2.24, 2.45) is 0 Å². The van der Waals surface area contributed by atoms with Gasteiger partial charge < -0.3 is 5.32 Å². The van der Waals surface area contributed by atoms with Crippen molar-refractivity contribution >= 4 is 39.1 Å². The lowest BCUT2D eigenvalue weighted by Gasteiger charge is -2.07. The monoisotopic (exact) mass is 311 g/mol. The zero-order valence-corrected chi connectivity index (χ0v) is 11.7. The van der Waals surface area contributed by atoms with Crippen molar-refractivity contribution < 1.29 is 13.2 Å². The first kappa shape index (κ1) is 15.2. The Hall–Kier alpha value is -0.890. The van der Waals surface area contributed by atoms with Crippen LogP contribution in [0.4, 0.5) is 0 Å². The van der Waals surface area contributed by atoms with E-state index in [1.807, 2.05) is 0 Å². The minimum absolute atomic E-state index is 0.0360. The molecule has 6 nitrogen and oxygen atoms in total. The van der Waals surface area contributed by atoms with Gasteiger partial charge in [-0.3, -0.25) is 4.79 Å². The molecule has 1 aromatic heterocycles. The number of carbonyl (C=O) groups is 1. The van der Waals surface area contributed by atoms with Gasteiger partial charge in [0.15, 0.2) is 0 Å². The van der Waals surface area contributed by atoms with Crippen molar-refractivity contribution in [3.8, 4) is 0 Å². The van der Waals surface area contributed by atoms with Crippen LogP contribution in [0, 0.1) is 0 Å². The Morgan fingerprint density at radius 1 is 1.39 bits per heavy atom. The highest BCUT2D eigenvalue weighted by Crippen LogP contribution is 2.21. The first-order chi connectivity index (χ1) is 8.33. The van der Waals surface area contributed by atoms with E-state index < -0.39 is 10.0 Å². The first-order valence-electron chi connectivity index (χ1n) is 4.88. The SMILES string of the molecule is CC(=O)NCCNS(=O)(=O)c1cnc(Cl)c(Cl)c1. The van der Waals surface area contributed by atoms with Crippen LogP contribution in [0.5, 0.6) is 0 Å². The second-order valence-electron chi connectivity index (χ2n) is 3.32. The molecule has 0 aliphatic rings. The van der Waals surface area contributed by atoms with Crippen molar-refractivity contribution in [2.45, 2.75) is 11.8 Å². The molecule has 1 aromatic rings. The third-order valence-electron chi connectivity index (χ3n) is 1.87. The van der Waals surface area contributed by atoms with Gasteiger partial charge in [0.2, 0.25) is 15.9 Å². The maximum Gasteiger partial charge on any atom is 0.242 e. The molecule has 18 heavy (non-hydrogen) atoms. The van der Waals surface area contributed by atoms with E-state index >= 15 is 0 Å². The average molecular weight is 312 g/mol. The molecule has 0 fully saturated rings. The number of amides is 1. The predicted octanol–water partition coefficient (Wildman–Crippen LogP) is 0.803. The highest BCUT2D eigenvalue weighted by atomic mass is 35.5. The van der Waals surface area contributed by atoms with Gasteiger partial charge >= 0.3 is 0 Å². The van der Waals surface area contributed by atoms with E-state index in [0.29, 0.717) is 0 Å². The van der Waals surface area contributed by atoms with E-state index in [4.69, 9.17) is 23.2 Å². The summed E-state index contributed by atoms with van der Waals surface area (Å²) in [6.07, 6.45) is 1.11. The average Bonchev–Trinajstić information content (AvgIpc) is 2.28. The molecule has 0 radical (unpaired) electrons. The molecular weight excluding hydrogens is 301 g/mol. The van der Waals surface area contributed by atoms with E-state index in [2.05, 4.69) is 15.0 Å². The number of hydrogen-bond acceptors (Lipinski definition) is 4. The summed E-state index contributed by atoms with van der Waals surface area (Å²) < 4.78 is 25.8. The minimum atomic E-state index is -3.70. The predicted molar refractivity (Wildman–Crippen MR) is 68.1 cm³/mol. The maximum absolute atomic E-state index is 11.8. The van der Waals surface area contributed by atoms with Gasteiger partial charge in [0.1, 0.15) is 10.0 Å². The van der Waals surface area contributed by atoms with Crippen LogP contribution in [0.3, 0.4) is 0 Å². The Bertz CT molecular complexity index is 548. The van der Waals surface area contributed by atoms with Crippen LogP contribution >= 0.6 is 23.2 Å². The highest BCUT2D eigenvalue weighted by Gasteiger charge is 2.15. The maximum atomic E-state index is 11.8. The summed E-state index contributed by atoms with van der Waals surface area (Å²) >= 11 is 11.3. The standard InChI is InChI=1S/C9H11Cl2N3O3S/c1-6(15)12-2-3-14-18(16,17)7-4-8(10)9(11)13-5-7/h4-5,14H,2-3H2,1H3,(H,12,15). The second kappa shape index (κ2) is 6.33. The molecule has 0 saturated carbocycles. The molecule has 9 heteroatoms. The smallest absolute Gasteiger partial charge is 0.242 e. The third-order valence-corrected chi connectivity index (χ3v) is 3.99. The van der Waals surface area contributed by atoms with Gasteiger partial charge in [-0.15, -0.1) is 0 Å². The number of nitrogens with one attached hydrogen (secondary N) is 2. The Morgan fingerprint density at radius 2 is 2.06 bits per heavy atom. The van der Waals surface area contributed by atoms with Crippen LogP contribution in [0.2, 0.25) is 10.2 Å². The second-order valence-corrected chi connectivity index (χ2v) is 5.86. The lowest BCUT2D eigenvalue weighted by molar-refractivity contribution is -0.118. The number of halogens is 2. The first-order valence-corrected chi connectivity index (χ1v) is 7.12. The van der Waals surface area contributed by atoms with Gasteiger partial charge in [-0.2, -0.15) is 0 Å². The van der Waals surface area contributed by atoms with Crippen LogP contribution in [0.1, 0.15) is 6.92 Å². The van der Waals surface area contributed by atoms with Crippen LogP contribution in [0.15, 0.2) is 17.2 Å². The normalized spacial score (nSPS) is 11.3. The van der Waals surface area contributed by atoms with E-state index in [-0.39, 0.29) is 34.1 Å². The van der Waals surface area contributed by atoms with Gasteiger partial charge in [-0.1, -0.05) is 23.2 Å². The quantitative estimate of drug-likeness (QED) is 0.622. The molecule has 0 aliphatic heterocycles. The molecule has 0 aromatic carbocycles. The molecular formula is C9H11Cl2N3O3S. The molecule has 1 amide bonds. The van der Waals surface area contributed by atoms with Crippen LogP contribution < -0.4 is 10.0 Å². The van der Waals surface area contributed by atoms with Crippen LogP contribution in [-0.2, 0) is 14.8 Å². The summed E-state index contributed by atoms with van der Waals surface area (Å²) in [5.74, 6) is -0.231. The van der Waals surface area contributed by atoms with E-state index in [0.717, 1.165) is 6.20 Å². The topological polar surface area (TPSA) is 88.2 Å². The number of nitrogens with zero attached hydrogens (tertiary/aromatic N) is 1. The number of rotatable bonds is 5. The number of hydrogen-bond donors (Lipinski definition) is 2. The van der Waals surface area contributed by atoms with Gasteiger partial charge in [0.05, 0.1) is 5.02 Å². The lowest BCUT2D eigenvalue weighted by atomic mass is 10.5. The van der Waals surface area contributed by atoms with Crippen LogP contribution in [-0.4, -0.2) is 32.4 Å². The largest absolute Gasteiger partial charge is 0.355 e. The van der Waals surface area contributed by atoms with Gasteiger partial charge in [-0.05, 0) is 6.07 Å². The van der Waals surface area contributed by atoms with Crippen molar-refractivity contribution in [3.05, 3.63) is 22.4 Å². The van der Waals surface area contributed by atoms with E-state index in [1.54, 1.807) is 0 Å². The Morgan fingerprint density at radius 3 is 2.61 bits per heavy atom. The summed E-state index contributed by atoms with van der Waals surface area (Å²) in [6.45, 7) is 1.61. The fourth-order valence-electron chi connectivity index (χ4n) is 1.06. The molecule has 0 spiro atoms. The van der Waals surface area contributed by atoms with Gasteiger partial charge in [0.25, 0.3) is 0 Å². The lowest BCUT2D eigenvalue weighted by Crippen LogP contribution is -2.33. The van der Waals surface area contributed by atoms with Crippen molar-refractivity contribution in [3.63, 3.8) is 0 Å². The number of pyridine rings is 1. The third kappa shape index (κ3) is 4.41. The fourth-order valence-corrected chi connectivity index (χ4v) is 2.39. The molecule has 1 rings (SSSR count). The molecule has 0 aliphatic carbocycles. The Balaban J connectivity index is 2.68. The van der Waals surface area contributed by atoms with Crippen molar-refractivity contribution in [2.75, 3.05) is 13.1 Å². The highest BCUT2D eigenvalue weighted by molar-refractivity contribution is 7.89.